The van der Waals surface area contributed by atoms with Gasteiger partial charge in [0.05, 0.1) is 19.1 Å². The van der Waals surface area contributed by atoms with E-state index in [0.29, 0.717) is 31.9 Å². The molecule has 1 amide bonds. The summed E-state index contributed by atoms with van der Waals surface area (Å²) in [4.78, 5) is 13.6. The molecule has 0 aromatic heterocycles. The maximum Gasteiger partial charge on any atom is 0.279 e. The molecule has 1 aliphatic heterocycles. The third-order valence-electron chi connectivity index (χ3n) is 4.94. The van der Waals surface area contributed by atoms with Crippen LogP contribution in [0.3, 0.4) is 0 Å². The summed E-state index contributed by atoms with van der Waals surface area (Å²) >= 11 is 0. The molecule has 1 aliphatic rings. The van der Waals surface area contributed by atoms with Gasteiger partial charge in [-0.25, -0.2) is 8.42 Å². The summed E-state index contributed by atoms with van der Waals surface area (Å²) in [5.74, 6) is 0.671. The molecule has 2 aromatic rings. The third-order valence-corrected chi connectivity index (χ3v) is 6.86. The monoisotopic (exact) mass is 418 g/mol. The Kier molecular flexibility index (Phi) is 6.89. The van der Waals surface area contributed by atoms with E-state index in [4.69, 9.17) is 4.74 Å². The molecule has 1 fully saturated rings. The van der Waals surface area contributed by atoms with Crippen LogP contribution in [0.4, 0.5) is 5.69 Å². The smallest absolute Gasteiger partial charge is 0.279 e. The Bertz CT molecular complexity index is 939. The number of nitrogens with zero attached hydrogens (tertiary/aromatic N) is 1. The molecule has 156 valence electrons. The Morgan fingerprint density at radius 3 is 2.48 bits per heavy atom. The zero-order valence-electron chi connectivity index (χ0n) is 16.8. The van der Waals surface area contributed by atoms with Crippen molar-refractivity contribution in [1.82, 2.24) is 4.31 Å². The van der Waals surface area contributed by atoms with E-state index < -0.39 is 10.0 Å². The van der Waals surface area contributed by atoms with Crippen molar-refractivity contribution < 1.29 is 22.8 Å². The van der Waals surface area contributed by atoms with E-state index in [1.165, 1.54) is 4.31 Å². The fraction of sp³-hybridized carbons (Fsp3) is 0.381. The molecule has 1 unspecified atom stereocenters. The molecule has 1 atom stereocenters. The minimum absolute atomic E-state index is 0.124. The summed E-state index contributed by atoms with van der Waals surface area (Å²) in [5, 5.41) is 2.84. The highest BCUT2D eigenvalue weighted by atomic mass is 32.2. The SMILES string of the molecule is COc1cccc(C[NH+](C)CC(=O)Nc2ccc(S(=O)(=O)N3CCCC3)cc2)c1. The van der Waals surface area contributed by atoms with Gasteiger partial charge in [-0.3, -0.25) is 4.79 Å². The van der Waals surface area contributed by atoms with Crippen LogP contribution in [0.15, 0.2) is 53.4 Å². The quantitative estimate of drug-likeness (QED) is 0.674. The van der Waals surface area contributed by atoms with Gasteiger partial charge < -0.3 is 15.0 Å². The van der Waals surface area contributed by atoms with Crippen LogP contribution in [0.1, 0.15) is 18.4 Å². The number of hydrogen-bond donors (Lipinski definition) is 2. The van der Waals surface area contributed by atoms with Crippen LogP contribution in [0, 0.1) is 0 Å². The largest absolute Gasteiger partial charge is 0.497 e. The van der Waals surface area contributed by atoms with Crippen LogP contribution in [0.5, 0.6) is 5.75 Å². The van der Waals surface area contributed by atoms with Crippen molar-refractivity contribution in [3.05, 3.63) is 54.1 Å². The predicted molar refractivity (Wildman–Crippen MR) is 112 cm³/mol. The molecule has 1 saturated heterocycles. The fourth-order valence-electron chi connectivity index (χ4n) is 3.46. The zero-order chi connectivity index (χ0) is 20.9. The van der Waals surface area contributed by atoms with Crippen molar-refractivity contribution in [2.45, 2.75) is 24.3 Å². The first-order chi connectivity index (χ1) is 13.9. The van der Waals surface area contributed by atoms with Crippen molar-refractivity contribution in [2.24, 2.45) is 0 Å². The number of amides is 1. The molecule has 1 heterocycles. The number of carbonyl (C=O) groups excluding carboxylic acids is 1. The van der Waals surface area contributed by atoms with Crippen molar-refractivity contribution in [1.29, 1.82) is 0 Å². The Hall–Kier alpha value is -2.42. The van der Waals surface area contributed by atoms with E-state index in [-0.39, 0.29) is 10.8 Å². The number of carbonyl (C=O) groups is 1. The molecule has 0 spiro atoms. The molecule has 2 aromatic carbocycles. The highest BCUT2D eigenvalue weighted by molar-refractivity contribution is 7.89. The molecule has 7 nitrogen and oxygen atoms in total. The van der Waals surface area contributed by atoms with Gasteiger partial charge in [-0.2, -0.15) is 4.31 Å². The highest BCUT2D eigenvalue weighted by Gasteiger charge is 2.27. The van der Waals surface area contributed by atoms with E-state index in [9.17, 15) is 13.2 Å². The van der Waals surface area contributed by atoms with Crippen molar-refractivity contribution in [2.75, 3.05) is 39.1 Å². The van der Waals surface area contributed by atoms with E-state index >= 15 is 0 Å². The standard InChI is InChI=1S/C21H27N3O4S/c1-23(15-17-6-5-7-19(14-17)28-2)16-21(25)22-18-8-10-20(11-9-18)29(26,27)24-12-3-4-13-24/h5-11,14H,3-4,12-13,15-16H2,1-2H3,(H,22,25)/p+1. The number of quaternary nitrogens is 1. The van der Waals surface area contributed by atoms with E-state index in [0.717, 1.165) is 29.1 Å². The second-order valence-corrected chi connectivity index (χ2v) is 9.28. The summed E-state index contributed by atoms with van der Waals surface area (Å²) in [6.07, 6.45) is 1.80. The predicted octanol–water partition coefficient (Wildman–Crippen LogP) is 1.13. The number of nitrogens with one attached hydrogen (secondary N) is 2. The first-order valence-corrected chi connectivity index (χ1v) is 11.2. The molecule has 29 heavy (non-hydrogen) atoms. The van der Waals surface area contributed by atoms with Gasteiger partial charge >= 0.3 is 0 Å². The van der Waals surface area contributed by atoms with Crippen LogP contribution in [-0.4, -0.2) is 52.4 Å². The Labute approximate surface area is 172 Å². The molecule has 8 heteroatoms. The average Bonchev–Trinajstić information content (AvgIpc) is 3.24. The lowest BCUT2D eigenvalue weighted by molar-refractivity contribution is -0.885. The van der Waals surface area contributed by atoms with Gasteiger partial charge in [0.25, 0.3) is 5.91 Å². The number of hydrogen-bond acceptors (Lipinski definition) is 4. The van der Waals surface area contributed by atoms with Crippen molar-refractivity contribution >= 4 is 21.6 Å². The summed E-state index contributed by atoms with van der Waals surface area (Å²) in [6, 6.07) is 14.2. The van der Waals surface area contributed by atoms with Crippen LogP contribution in [0.2, 0.25) is 0 Å². The number of benzene rings is 2. The maximum atomic E-state index is 12.6. The molecule has 0 saturated carbocycles. The van der Waals surface area contributed by atoms with Crippen molar-refractivity contribution in [3.8, 4) is 5.75 Å². The lowest BCUT2D eigenvalue weighted by atomic mass is 10.2. The number of likely N-dealkylation sites (N-methyl/N-ethyl adjacent to an activating group) is 1. The second-order valence-electron chi connectivity index (χ2n) is 7.35. The third kappa shape index (κ3) is 5.56. The molecule has 0 aliphatic carbocycles. The number of anilines is 1. The second kappa shape index (κ2) is 9.39. The summed E-state index contributed by atoms with van der Waals surface area (Å²) in [7, 11) is 0.142. The van der Waals surface area contributed by atoms with Gasteiger partial charge in [0.2, 0.25) is 10.0 Å². The van der Waals surface area contributed by atoms with Gasteiger partial charge in [0, 0.05) is 24.3 Å². The first-order valence-electron chi connectivity index (χ1n) is 9.73. The van der Waals surface area contributed by atoms with Gasteiger partial charge in [0.1, 0.15) is 12.3 Å². The lowest BCUT2D eigenvalue weighted by Gasteiger charge is -2.16. The number of methoxy groups -OCH3 is 1. The van der Waals surface area contributed by atoms with Gasteiger partial charge in [-0.05, 0) is 49.2 Å². The first kappa shape index (κ1) is 21.3. The molecule has 0 bridgehead atoms. The molecular formula is C21H28N3O4S+. The Balaban J connectivity index is 1.55. The van der Waals surface area contributed by atoms with Crippen LogP contribution < -0.4 is 15.0 Å². The average molecular weight is 419 g/mol. The normalized spacial score (nSPS) is 15.8. The Morgan fingerprint density at radius 1 is 1.14 bits per heavy atom. The maximum absolute atomic E-state index is 12.6. The summed E-state index contributed by atoms with van der Waals surface area (Å²) < 4.78 is 31.9. The summed E-state index contributed by atoms with van der Waals surface area (Å²) in [5.41, 5.74) is 1.68. The topological polar surface area (TPSA) is 80.1 Å². The zero-order valence-corrected chi connectivity index (χ0v) is 17.7. The van der Waals surface area contributed by atoms with Crippen molar-refractivity contribution in [3.63, 3.8) is 0 Å². The molecular weight excluding hydrogens is 390 g/mol. The lowest BCUT2D eigenvalue weighted by Crippen LogP contribution is -3.08. The molecule has 0 radical (unpaired) electrons. The minimum Gasteiger partial charge on any atom is -0.497 e. The van der Waals surface area contributed by atoms with Gasteiger partial charge in [-0.1, -0.05) is 12.1 Å². The van der Waals surface area contributed by atoms with E-state index in [2.05, 4.69) is 5.32 Å². The van der Waals surface area contributed by atoms with E-state index in [1.807, 2.05) is 31.3 Å². The molecule has 2 N–H and O–H groups in total. The van der Waals surface area contributed by atoms with E-state index in [1.54, 1.807) is 31.4 Å². The van der Waals surface area contributed by atoms with Crippen LogP contribution in [0.25, 0.3) is 0 Å². The number of sulfonamides is 1. The van der Waals surface area contributed by atoms with Crippen LogP contribution in [-0.2, 0) is 21.4 Å². The van der Waals surface area contributed by atoms with Gasteiger partial charge in [0.15, 0.2) is 6.54 Å². The number of ether oxygens (including phenoxy) is 1. The molecule has 3 rings (SSSR count). The summed E-state index contributed by atoms with van der Waals surface area (Å²) in [6.45, 7) is 2.13. The fourth-order valence-corrected chi connectivity index (χ4v) is 4.98. The highest BCUT2D eigenvalue weighted by Crippen LogP contribution is 2.22. The van der Waals surface area contributed by atoms with Crippen LogP contribution >= 0.6 is 0 Å². The van der Waals surface area contributed by atoms with Gasteiger partial charge in [-0.15, -0.1) is 0 Å². The Morgan fingerprint density at radius 2 is 1.83 bits per heavy atom. The number of rotatable bonds is 8. The minimum atomic E-state index is -3.44.